The van der Waals surface area contributed by atoms with Gasteiger partial charge in [0.05, 0.1) is 20.1 Å². The summed E-state index contributed by atoms with van der Waals surface area (Å²) < 4.78 is 5.24. The van der Waals surface area contributed by atoms with Crippen molar-refractivity contribution >= 4 is 23.0 Å². The van der Waals surface area contributed by atoms with Crippen molar-refractivity contribution in [2.75, 3.05) is 7.11 Å². The minimum atomic E-state index is -0.0950. The summed E-state index contributed by atoms with van der Waals surface area (Å²) in [5, 5.41) is 4.84. The van der Waals surface area contributed by atoms with Crippen LogP contribution in [0.2, 0.25) is 0 Å². The van der Waals surface area contributed by atoms with E-state index in [0.717, 1.165) is 4.88 Å². The maximum absolute atomic E-state index is 12.0. The Bertz CT molecular complexity index is 635. The normalized spacial score (nSPS) is 10.2. The van der Waals surface area contributed by atoms with Gasteiger partial charge in [-0.1, -0.05) is 6.07 Å². The number of carbonyl (C=O) groups excluding carboxylic acids is 2. The Labute approximate surface area is 127 Å². The molecule has 2 rings (SSSR count). The number of hydrogen-bond donors (Lipinski definition) is 1. The molecule has 0 spiro atoms. The average molecular weight is 303 g/mol. The van der Waals surface area contributed by atoms with Gasteiger partial charge in [0.15, 0.2) is 5.78 Å². The first kappa shape index (κ1) is 15.3. The van der Waals surface area contributed by atoms with Crippen LogP contribution in [0, 0.1) is 0 Å². The molecule has 5 heteroatoms. The topological polar surface area (TPSA) is 55.4 Å². The van der Waals surface area contributed by atoms with Crippen LogP contribution in [-0.4, -0.2) is 18.8 Å². The molecule has 2 aromatic rings. The van der Waals surface area contributed by atoms with E-state index in [1.165, 1.54) is 6.92 Å². The third-order valence-corrected chi connectivity index (χ3v) is 3.95. The molecule has 0 bridgehead atoms. The zero-order valence-corrected chi connectivity index (χ0v) is 12.8. The van der Waals surface area contributed by atoms with Gasteiger partial charge in [-0.15, -0.1) is 11.3 Å². The van der Waals surface area contributed by atoms with Gasteiger partial charge in [0.25, 0.3) is 0 Å². The molecule has 1 N–H and O–H groups in total. The van der Waals surface area contributed by atoms with Crippen molar-refractivity contribution in [1.82, 2.24) is 5.32 Å². The molecule has 21 heavy (non-hydrogen) atoms. The summed E-state index contributed by atoms with van der Waals surface area (Å²) in [6.07, 6.45) is 0.190. The minimum Gasteiger partial charge on any atom is -0.496 e. The number of ketones is 1. The number of carbonyl (C=O) groups is 2. The number of Topliss-reactive ketones (excluding diaryl/α,β-unsaturated/α-hetero) is 1. The maximum atomic E-state index is 12.0. The van der Waals surface area contributed by atoms with Gasteiger partial charge in [-0.05, 0) is 36.6 Å². The average Bonchev–Trinajstić information content (AvgIpc) is 2.98. The van der Waals surface area contributed by atoms with Gasteiger partial charge in [-0.25, -0.2) is 0 Å². The van der Waals surface area contributed by atoms with Crippen molar-refractivity contribution in [3.05, 3.63) is 51.7 Å². The summed E-state index contributed by atoms with van der Waals surface area (Å²) in [6.45, 7) is 2.02. The van der Waals surface area contributed by atoms with Gasteiger partial charge in [0.1, 0.15) is 5.75 Å². The number of hydrogen-bond acceptors (Lipinski definition) is 4. The number of ether oxygens (including phenoxy) is 1. The molecule has 0 fully saturated rings. The molecule has 0 aliphatic heterocycles. The van der Waals surface area contributed by atoms with E-state index in [1.54, 1.807) is 36.6 Å². The Morgan fingerprint density at radius 3 is 2.71 bits per heavy atom. The number of amides is 1. The van der Waals surface area contributed by atoms with E-state index in [2.05, 4.69) is 5.32 Å². The number of rotatable bonds is 6. The third kappa shape index (κ3) is 4.16. The number of nitrogens with one attached hydrogen (secondary N) is 1. The third-order valence-electron chi connectivity index (χ3n) is 3.08. The van der Waals surface area contributed by atoms with E-state index in [1.807, 2.05) is 17.5 Å². The predicted octanol–water partition coefficient (Wildman–Crippen LogP) is 2.82. The smallest absolute Gasteiger partial charge is 0.224 e. The monoisotopic (exact) mass is 303 g/mol. The fourth-order valence-corrected chi connectivity index (χ4v) is 2.61. The quantitative estimate of drug-likeness (QED) is 0.835. The van der Waals surface area contributed by atoms with Crippen LogP contribution in [0.3, 0.4) is 0 Å². The van der Waals surface area contributed by atoms with Gasteiger partial charge in [-0.3, -0.25) is 9.59 Å². The van der Waals surface area contributed by atoms with Gasteiger partial charge in [0.2, 0.25) is 5.91 Å². The lowest BCUT2D eigenvalue weighted by molar-refractivity contribution is -0.120. The van der Waals surface area contributed by atoms with Gasteiger partial charge in [0, 0.05) is 16.0 Å². The maximum Gasteiger partial charge on any atom is 0.224 e. The molecule has 0 aliphatic rings. The van der Waals surface area contributed by atoms with E-state index >= 15 is 0 Å². The second kappa shape index (κ2) is 7.04. The van der Waals surface area contributed by atoms with E-state index in [4.69, 9.17) is 4.74 Å². The Hall–Kier alpha value is -2.14. The Morgan fingerprint density at radius 1 is 1.29 bits per heavy atom. The van der Waals surface area contributed by atoms with Gasteiger partial charge < -0.3 is 10.1 Å². The molecule has 0 radical (unpaired) electrons. The van der Waals surface area contributed by atoms with Crippen LogP contribution in [0.15, 0.2) is 35.7 Å². The Morgan fingerprint density at radius 2 is 2.10 bits per heavy atom. The van der Waals surface area contributed by atoms with Crippen LogP contribution in [-0.2, 0) is 17.8 Å². The second-order valence-electron chi connectivity index (χ2n) is 4.62. The van der Waals surface area contributed by atoms with Crippen molar-refractivity contribution in [3.8, 4) is 5.75 Å². The fourth-order valence-electron chi connectivity index (χ4n) is 1.97. The summed E-state index contributed by atoms with van der Waals surface area (Å²) in [4.78, 5) is 24.5. The summed E-state index contributed by atoms with van der Waals surface area (Å²) >= 11 is 1.60. The van der Waals surface area contributed by atoms with Crippen LogP contribution in [0.4, 0.5) is 0 Å². The van der Waals surface area contributed by atoms with Crippen molar-refractivity contribution in [3.63, 3.8) is 0 Å². The molecule has 1 heterocycles. The molecule has 0 unspecified atom stereocenters. The van der Waals surface area contributed by atoms with E-state index in [-0.39, 0.29) is 18.1 Å². The lowest BCUT2D eigenvalue weighted by atomic mass is 10.0. The van der Waals surface area contributed by atoms with Gasteiger partial charge >= 0.3 is 0 Å². The minimum absolute atomic E-state index is 0.0297. The summed E-state index contributed by atoms with van der Waals surface area (Å²) in [7, 11) is 1.55. The van der Waals surface area contributed by atoms with Crippen molar-refractivity contribution < 1.29 is 14.3 Å². The second-order valence-corrected chi connectivity index (χ2v) is 5.65. The van der Waals surface area contributed by atoms with E-state index in [0.29, 0.717) is 23.4 Å². The Balaban J connectivity index is 2.04. The first-order valence-electron chi connectivity index (χ1n) is 6.57. The van der Waals surface area contributed by atoms with E-state index < -0.39 is 0 Å². The number of thiophene rings is 1. The largest absolute Gasteiger partial charge is 0.496 e. The van der Waals surface area contributed by atoms with Crippen LogP contribution in [0.25, 0.3) is 0 Å². The highest BCUT2D eigenvalue weighted by Crippen LogP contribution is 2.21. The highest BCUT2D eigenvalue weighted by molar-refractivity contribution is 7.09. The standard InChI is InChI=1S/C16H17NO3S/c1-11(18)12-5-6-15(20-2)13(8-12)9-16(19)17-10-14-4-3-7-21-14/h3-8H,9-10H2,1-2H3,(H,17,19). The molecule has 0 atom stereocenters. The lowest BCUT2D eigenvalue weighted by Gasteiger charge is -2.10. The SMILES string of the molecule is COc1ccc(C(C)=O)cc1CC(=O)NCc1cccs1. The highest BCUT2D eigenvalue weighted by atomic mass is 32.1. The molecule has 0 saturated carbocycles. The molecule has 0 saturated heterocycles. The first-order chi connectivity index (χ1) is 10.1. The van der Waals surface area contributed by atoms with Crippen LogP contribution < -0.4 is 10.1 Å². The van der Waals surface area contributed by atoms with Crippen LogP contribution in [0.5, 0.6) is 5.75 Å². The van der Waals surface area contributed by atoms with Crippen molar-refractivity contribution in [2.24, 2.45) is 0 Å². The summed E-state index contributed by atoms with van der Waals surface area (Å²) in [6, 6.07) is 9.06. The summed E-state index contributed by atoms with van der Waals surface area (Å²) in [5.41, 5.74) is 1.30. The molecule has 1 amide bonds. The molecular formula is C16H17NO3S. The molecule has 1 aromatic heterocycles. The highest BCUT2D eigenvalue weighted by Gasteiger charge is 2.11. The zero-order chi connectivity index (χ0) is 15.2. The molecule has 0 aliphatic carbocycles. The molecule has 1 aromatic carbocycles. The molecule has 110 valence electrons. The fraction of sp³-hybridized carbons (Fsp3) is 0.250. The number of methoxy groups -OCH3 is 1. The number of benzene rings is 1. The van der Waals surface area contributed by atoms with Crippen molar-refractivity contribution in [2.45, 2.75) is 19.9 Å². The molecule has 4 nitrogen and oxygen atoms in total. The van der Waals surface area contributed by atoms with Crippen molar-refractivity contribution in [1.29, 1.82) is 0 Å². The first-order valence-corrected chi connectivity index (χ1v) is 7.45. The molecular weight excluding hydrogens is 286 g/mol. The zero-order valence-electron chi connectivity index (χ0n) is 12.0. The Kier molecular flexibility index (Phi) is 5.11. The van der Waals surface area contributed by atoms with Gasteiger partial charge in [-0.2, -0.15) is 0 Å². The predicted molar refractivity (Wildman–Crippen MR) is 82.9 cm³/mol. The van der Waals surface area contributed by atoms with E-state index in [9.17, 15) is 9.59 Å². The summed E-state index contributed by atoms with van der Waals surface area (Å²) in [5.74, 6) is 0.492. The lowest BCUT2D eigenvalue weighted by Crippen LogP contribution is -2.24. The van der Waals surface area contributed by atoms with Crippen LogP contribution in [0.1, 0.15) is 27.7 Å². The van der Waals surface area contributed by atoms with Crippen LogP contribution >= 0.6 is 11.3 Å².